The first-order chi connectivity index (χ1) is 5.01. The summed E-state index contributed by atoms with van der Waals surface area (Å²) in [6.45, 7) is 6.93. The van der Waals surface area contributed by atoms with Crippen molar-refractivity contribution in [2.24, 2.45) is 5.41 Å². The molecule has 1 unspecified atom stereocenters. The van der Waals surface area contributed by atoms with E-state index in [2.05, 4.69) is 20.5 Å². The predicted molar refractivity (Wildman–Crippen MR) is 56.2 cm³/mol. The van der Waals surface area contributed by atoms with Gasteiger partial charge in [-0.2, -0.15) is 0 Å². The number of hydrogen-bond donors (Lipinski definition) is 0. The zero-order valence-corrected chi connectivity index (χ0v) is 9.47. The zero-order chi connectivity index (χ0) is 8.48. The molecule has 0 aromatic heterocycles. The molecule has 0 aromatic rings. The van der Waals surface area contributed by atoms with Gasteiger partial charge in [-0.05, 0) is 31.1 Å². The third kappa shape index (κ3) is 2.80. The molecule has 1 rings (SSSR count). The lowest BCUT2D eigenvalue weighted by Gasteiger charge is -2.30. The molecular weight excluding hydrogens is 171 g/mol. The molecule has 0 spiro atoms. The van der Waals surface area contributed by atoms with E-state index < -0.39 is 0 Å². The standard InChI is InChI=1S/C9H18PS/c1-9(2)6-4-8(5-7-9)10(3)11/h8H,4-7H2,1-3H3/q+1. The Labute approximate surface area is 76.2 Å². The van der Waals surface area contributed by atoms with Crippen LogP contribution < -0.4 is 0 Å². The molecule has 2 heteroatoms. The molecule has 1 aliphatic carbocycles. The average molecular weight is 189 g/mol. The Kier molecular flexibility index (Phi) is 3.05. The molecule has 0 amide bonds. The third-order valence-electron chi connectivity index (χ3n) is 2.82. The Bertz CT molecular complexity index is 153. The van der Waals surface area contributed by atoms with E-state index in [1.807, 2.05) is 0 Å². The SMILES string of the molecule is C[P+](=S)C1CCC(C)(C)CC1. The molecular formula is C9H18PS+. The minimum absolute atomic E-state index is 0.0767. The second-order valence-corrected chi connectivity index (χ2v) is 7.99. The average Bonchev–Trinajstić information content (AvgIpc) is 1.86. The highest BCUT2D eigenvalue weighted by Gasteiger charge is 2.32. The van der Waals surface area contributed by atoms with E-state index in [1.165, 1.54) is 25.7 Å². The summed E-state index contributed by atoms with van der Waals surface area (Å²) < 4.78 is 0. The fourth-order valence-electron chi connectivity index (χ4n) is 1.75. The van der Waals surface area contributed by atoms with E-state index >= 15 is 0 Å². The van der Waals surface area contributed by atoms with Crippen LogP contribution in [0.4, 0.5) is 0 Å². The van der Waals surface area contributed by atoms with Crippen LogP contribution in [0, 0.1) is 5.41 Å². The van der Waals surface area contributed by atoms with Gasteiger partial charge in [-0.1, -0.05) is 13.8 Å². The Morgan fingerprint density at radius 3 is 2.09 bits per heavy atom. The van der Waals surface area contributed by atoms with Crippen LogP contribution in [0.5, 0.6) is 0 Å². The van der Waals surface area contributed by atoms with Gasteiger partial charge in [-0.25, -0.2) is 0 Å². The quantitative estimate of drug-likeness (QED) is 0.569. The molecule has 0 nitrogen and oxygen atoms in total. The van der Waals surface area contributed by atoms with E-state index in [-0.39, 0.29) is 6.70 Å². The summed E-state index contributed by atoms with van der Waals surface area (Å²) in [5, 5.41) is 0. The first-order valence-corrected chi connectivity index (χ1v) is 7.28. The molecule has 0 aliphatic heterocycles. The maximum Gasteiger partial charge on any atom is 0.175 e. The van der Waals surface area contributed by atoms with Crippen LogP contribution in [-0.2, 0) is 11.8 Å². The van der Waals surface area contributed by atoms with Crippen molar-refractivity contribution in [3.8, 4) is 0 Å². The van der Waals surface area contributed by atoms with E-state index in [1.54, 1.807) is 0 Å². The van der Waals surface area contributed by atoms with Crippen LogP contribution in [0.25, 0.3) is 0 Å². The highest BCUT2D eigenvalue weighted by Crippen LogP contribution is 2.43. The van der Waals surface area contributed by atoms with Gasteiger partial charge < -0.3 is 0 Å². The molecule has 0 heterocycles. The summed E-state index contributed by atoms with van der Waals surface area (Å²) in [6, 6.07) is 0. The molecule has 11 heavy (non-hydrogen) atoms. The van der Waals surface area contributed by atoms with Gasteiger partial charge in [0.05, 0.1) is 0 Å². The third-order valence-corrected chi connectivity index (χ3v) is 5.26. The van der Waals surface area contributed by atoms with E-state index in [0.717, 1.165) is 5.66 Å². The highest BCUT2D eigenvalue weighted by atomic mass is 32.4. The molecule has 1 saturated carbocycles. The van der Waals surface area contributed by atoms with Crippen LogP contribution in [-0.4, -0.2) is 12.3 Å². The fourth-order valence-corrected chi connectivity index (χ4v) is 3.37. The van der Waals surface area contributed by atoms with Crippen LogP contribution in [0.2, 0.25) is 0 Å². The largest absolute Gasteiger partial charge is 0.175 e. The topological polar surface area (TPSA) is 0 Å². The summed E-state index contributed by atoms with van der Waals surface area (Å²) in [6.07, 6.45) is 5.55. The van der Waals surface area contributed by atoms with Crippen molar-refractivity contribution < 1.29 is 0 Å². The smallest absolute Gasteiger partial charge is 0.0599 e. The van der Waals surface area contributed by atoms with Crippen LogP contribution in [0.1, 0.15) is 39.5 Å². The lowest BCUT2D eigenvalue weighted by atomic mass is 9.77. The second kappa shape index (κ2) is 3.49. The minimum atomic E-state index is -0.0767. The molecule has 0 radical (unpaired) electrons. The summed E-state index contributed by atoms with van der Waals surface area (Å²) >= 11 is 5.34. The van der Waals surface area contributed by atoms with Gasteiger partial charge in [0.15, 0.2) is 18.5 Å². The predicted octanol–water partition coefficient (Wildman–Crippen LogP) is 3.53. The van der Waals surface area contributed by atoms with Gasteiger partial charge in [0.25, 0.3) is 0 Å². The molecule has 1 atom stereocenters. The van der Waals surface area contributed by atoms with Crippen LogP contribution in [0.3, 0.4) is 0 Å². The fraction of sp³-hybridized carbons (Fsp3) is 1.00. The zero-order valence-electron chi connectivity index (χ0n) is 7.76. The summed E-state index contributed by atoms with van der Waals surface area (Å²) in [5.74, 6) is 0. The van der Waals surface area contributed by atoms with Crippen molar-refractivity contribution in [1.82, 2.24) is 0 Å². The van der Waals surface area contributed by atoms with Crippen molar-refractivity contribution in [1.29, 1.82) is 0 Å². The van der Waals surface area contributed by atoms with E-state index in [0.29, 0.717) is 5.41 Å². The maximum absolute atomic E-state index is 5.34. The maximum atomic E-state index is 5.34. The second-order valence-electron chi connectivity index (χ2n) is 4.44. The van der Waals surface area contributed by atoms with Gasteiger partial charge in [0.1, 0.15) is 12.3 Å². The van der Waals surface area contributed by atoms with Crippen molar-refractivity contribution >= 4 is 18.5 Å². The van der Waals surface area contributed by atoms with E-state index in [9.17, 15) is 0 Å². The lowest BCUT2D eigenvalue weighted by molar-refractivity contribution is 0.248. The summed E-state index contributed by atoms with van der Waals surface area (Å²) in [4.78, 5) is 0. The summed E-state index contributed by atoms with van der Waals surface area (Å²) in [7, 11) is 0. The Hall–Kier alpha value is 0.520. The number of rotatable bonds is 1. The Morgan fingerprint density at radius 1 is 1.27 bits per heavy atom. The molecule has 1 aliphatic rings. The normalized spacial score (nSPS) is 26.6. The Balaban J connectivity index is 2.42. The van der Waals surface area contributed by atoms with Gasteiger partial charge in [0.2, 0.25) is 0 Å². The van der Waals surface area contributed by atoms with Gasteiger partial charge in [0, 0.05) is 0 Å². The van der Waals surface area contributed by atoms with Crippen molar-refractivity contribution in [3.63, 3.8) is 0 Å². The summed E-state index contributed by atoms with van der Waals surface area (Å²) in [5.41, 5.74) is 1.50. The van der Waals surface area contributed by atoms with Crippen molar-refractivity contribution in [2.75, 3.05) is 6.66 Å². The monoisotopic (exact) mass is 189 g/mol. The van der Waals surface area contributed by atoms with Crippen molar-refractivity contribution in [2.45, 2.75) is 45.2 Å². The lowest BCUT2D eigenvalue weighted by Crippen LogP contribution is -2.22. The van der Waals surface area contributed by atoms with Gasteiger partial charge in [-0.3, -0.25) is 0 Å². The highest BCUT2D eigenvalue weighted by molar-refractivity contribution is 8.05. The number of hydrogen-bond acceptors (Lipinski definition) is 1. The van der Waals surface area contributed by atoms with Gasteiger partial charge in [-0.15, -0.1) is 0 Å². The van der Waals surface area contributed by atoms with Gasteiger partial charge >= 0.3 is 0 Å². The molecule has 0 aromatic carbocycles. The molecule has 0 bridgehead atoms. The van der Waals surface area contributed by atoms with Crippen LogP contribution >= 0.6 is 6.70 Å². The van der Waals surface area contributed by atoms with Crippen molar-refractivity contribution in [3.05, 3.63) is 0 Å². The van der Waals surface area contributed by atoms with Crippen LogP contribution in [0.15, 0.2) is 0 Å². The molecule has 0 N–H and O–H groups in total. The van der Waals surface area contributed by atoms with E-state index in [4.69, 9.17) is 11.8 Å². The molecule has 0 saturated heterocycles. The minimum Gasteiger partial charge on any atom is -0.0599 e. The Morgan fingerprint density at radius 2 is 1.73 bits per heavy atom. The first-order valence-electron chi connectivity index (χ1n) is 4.41. The molecule has 1 fully saturated rings. The first kappa shape index (κ1) is 9.61. The molecule has 64 valence electrons.